The van der Waals surface area contributed by atoms with Crippen molar-refractivity contribution in [3.05, 3.63) is 130 Å². The molecule has 0 spiro atoms. The summed E-state index contributed by atoms with van der Waals surface area (Å²) in [6, 6.07) is 25.3. The number of Topliss-reactive ketones (excluding diaryl/α,β-unsaturated/α-hetero) is 1. The summed E-state index contributed by atoms with van der Waals surface area (Å²) >= 11 is 2.53. The van der Waals surface area contributed by atoms with Gasteiger partial charge in [-0.3, -0.25) is 14.5 Å². The first-order valence-electron chi connectivity index (χ1n) is 16.0. The number of fused-ring (bicyclic) bond motifs is 1. The van der Waals surface area contributed by atoms with Crippen molar-refractivity contribution in [1.29, 1.82) is 0 Å². The number of aliphatic hydroxyl groups excluding tert-OH is 1. The minimum atomic E-state index is -1.05. The molecule has 1 amide bonds. The second-order valence-electron chi connectivity index (χ2n) is 11.8. The highest BCUT2D eigenvalue weighted by molar-refractivity contribution is 8.00. The second kappa shape index (κ2) is 14.3. The molecule has 1 fully saturated rings. The number of ether oxygens (including phenoxy) is 3. The van der Waals surface area contributed by atoms with Crippen LogP contribution in [0.1, 0.15) is 47.7 Å². The van der Waals surface area contributed by atoms with Crippen molar-refractivity contribution in [1.82, 2.24) is 10.2 Å². The average Bonchev–Trinajstić information content (AvgIpc) is 3.82. The predicted octanol–water partition coefficient (Wildman–Crippen LogP) is 7.90. The number of carbonyl (C=O) groups excluding carboxylic acids is 2. The Balaban J connectivity index is 1.27. The van der Waals surface area contributed by atoms with Gasteiger partial charge in [0, 0.05) is 17.7 Å². The SMILES string of the molecule is CCOc1cc([C@@H]2C(=C(O)c3ccc4c(c3)C[C@H](C)O4)C(=O)C(=O)N2c2nnc(SCc3ccc(F)cc3)s2)ccc1OCc1ccccc1. The maximum Gasteiger partial charge on any atom is 0.301 e. The Morgan fingerprint density at radius 1 is 0.980 bits per heavy atom. The summed E-state index contributed by atoms with van der Waals surface area (Å²) in [6.07, 6.45) is 0.639. The summed E-state index contributed by atoms with van der Waals surface area (Å²) in [5.41, 5.74) is 3.59. The molecular formula is C38H32FN3O6S2. The van der Waals surface area contributed by atoms with Crippen molar-refractivity contribution in [3.63, 3.8) is 0 Å². The molecule has 0 bridgehead atoms. The van der Waals surface area contributed by atoms with E-state index in [0.717, 1.165) is 33.8 Å². The molecular weight excluding hydrogens is 678 g/mol. The van der Waals surface area contributed by atoms with Gasteiger partial charge in [-0.1, -0.05) is 71.6 Å². The standard InChI is InChI=1S/C38H32FN3O6S2/c1-3-46-31-19-25(11-16-30(31)47-20-23-7-5-4-6-8-23)33-32(34(43)26-12-15-29-27(18-26)17-22(2)48-29)35(44)36(45)42(33)37-40-41-38(50-37)49-21-24-9-13-28(39)14-10-24/h4-16,18-19,22,33,43H,3,17,20-21H2,1-2H3/t22-,33+/m0/s1. The van der Waals surface area contributed by atoms with Crippen LogP contribution in [0.3, 0.4) is 0 Å². The smallest absolute Gasteiger partial charge is 0.301 e. The van der Waals surface area contributed by atoms with Crippen LogP contribution in [0.5, 0.6) is 17.2 Å². The molecule has 0 unspecified atom stereocenters. The predicted molar refractivity (Wildman–Crippen MR) is 189 cm³/mol. The molecule has 1 N–H and O–H groups in total. The fraction of sp³-hybridized carbons (Fsp3) is 0.211. The van der Waals surface area contributed by atoms with Crippen LogP contribution in [-0.2, 0) is 28.4 Å². The first-order valence-corrected chi connectivity index (χ1v) is 17.8. The Labute approximate surface area is 296 Å². The maximum atomic E-state index is 13.9. The van der Waals surface area contributed by atoms with Crippen LogP contribution in [-0.4, -0.2) is 39.7 Å². The number of anilines is 1. The largest absolute Gasteiger partial charge is 0.507 e. The van der Waals surface area contributed by atoms with Crippen molar-refractivity contribution >= 4 is 45.7 Å². The molecule has 0 aliphatic carbocycles. The summed E-state index contributed by atoms with van der Waals surface area (Å²) in [4.78, 5) is 29.0. The van der Waals surface area contributed by atoms with Crippen molar-refractivity contribution in [3.8, 4) is 17.2 Å². The fourth-order valence-electron chi connectivity index (χ4n) is 5.97. The molecule has 50 heavy (non-hydrogen) atoms. The third kappa shape index (κ3) is 6.81. The summed E-state index contributed by atoms with van der Waals surface area (Å²) in [5, 5.41) is 20.6. The molecule has 4 aromatic carbocycles. The quantitative estimate of drug-likeness (QED) is 0.0481. The third-order valence-electron chi connectivity index (χ3n) is 8.31. The Morgan fingerprint density at radius 3 is 2.56 bits per heavy atom. The molecule has 0 radical (unpaired) electrons. The van der Waals surface area contributed by atoms with Crippen LogP contribution < -0.4 is 19.1 Å². The van der Waals surface area contributed by atoms with E-state index in [4.69, 9.17) is 14.2 Å². The van der Waals surface area contributed by atoms with Gasteiger partial charge in [-0.05, 0) is 78.6 Å². The molecule has 0 saturated carbocycles. The van der Waals surface area contributed by atoms with E-state index in [1.807, 2.05) is 44.2 Å². The zero-order chi connectivity index (χ0) is 34.8. The van der Waals surface area contributed by atoms with Gasteiger partial charge >= 0.3 is 5.91 Å². The number of ketones is 1. The monoisotopic (exact) mass is 709 g/mol. The lowest BCUT2D eigenvalue weighted by Crippen LogP contribution is -2.29. The minimum absolute atomic E-state index is 0.0138. The van der Waals surface area contributed by atoms with Gasteiger partial charge < -0.3 is 19.3 Å². The second-order valence-corrected chi connectivity index (χ2v) is 14.0. The van der Waals surface area contributed by atoms with Gasteiger partial charge in [0.2, 0.25) is 5.13 Å². The van der Waals surface area contributed by atoms with Crippen LogP contribution in [0.15, 0.2) is 101 Å². The first kappa shape index (κ1) is 33.3. The highest BCUT2D eigenvalue weighted by Crippen LogP contribution is 2.46. The van der Waals surface area contributed by atoms with E-state index in [2.05, 4.69) is 10.2 Å². The summed E-state index contributed by atoms with van der Waals surface area (Å²) in [5.74, 6) is -0.200. The van der Waals surface area contributed by atoms with Crippen molar-refractivity contribution < 1.29 is 33.3 Å². The summed E-state index contributed by atoms with van der Waals surface area (Å²) < 4.78 is 31.9. The highest BCUT2D eigenvalue weighted by atomic mass is 32.2. The van der Waals surface area contributed by atoms with Crippen LogP contribution >= 0.6 is 23.1 Å². The van der Waals surface area contributed by atoms with E-state index in [-0.39, 0.29) is 28.4 Å². The number of thioether (sulfide) groups is 1. The molecule has 2 aliphatic heterocycles. The molecule has 1 aromatic heterocycles. The number of aliphatic hydroxyl groups is 1. The number of amides is 1. The molecule has 2 atom stereocenters. The number of hydrogen-bond donors (Lipinski definition) is 1. The van der Waals surface area contributed by atoms with E-state index >= 15 is 0 Å². The van der Waals surface area contributed by atoms with Gasteiger partial charge in [-0.25, -0.2) is 4.39 Å². The van der Waals surface area contributed by atoms with Crippen LogP contribution in [0.2, 0.25) is 0 Å². The topological polar surface area (TPSA) is 111 Å². The number of halogens is 1. The maximum absolute atomic E-state index is 13.9. The lowest BCUT2D eigenvalue weighted by Gasteiger charge is -2.24. The number of carbonyl (C=O) groups is 2. The number of rotatable bonds is 11. The molecule has 12 heteroatoms. The van der Waals surface area contributed by atoms with Gasteiger partial charge in [-0.15, -0.1) is 10.2 Å². The lowest BCUT2D eigenvalue weighted by molar-refractivity contribution is -0.132. The average molecular weight is 710 g/mol. The molecule has 3 heterocycles. The van der Waals surface area contributed by atoms with Gasteiger partial charge in [0.25, 0.3) is 5.78 Å². The summed E-state index contributed by atoms with van der Waals surface area (Å²) in [7, 11) is 0. The molecule has 5 aromatic rings. The number of hydrogen-bond acceptors (Lipinski definition) is 10. The van der Waals surface area contributed by atoms with Crippen molar-refractivity contribution in [2.45, 2.75) is 49.1 Å². The van der Waals surface area contributed by atoms with Crippen molar-refractivity contribution in [2.24, 2.45) is 0 Å². The fourth-order valence-corrected chi connectivity index (χ4v) is 7.79. The van der Waals surface area contributed by atoms with E-state index in [0.29, 0.717) is 52.4 Å². The molecule has 254 valence electrons. The zero-order valence-corrected chi connectivity index (χ0v) is 28.8. The lowest BCUT2D eigenvalue weighted by atomic mass is 9.94. The molecule has 7 rings (SSSR count). The Morgan fingerprint density at radius 2 is 1.78 bits per heavy atom. The van der Waals surface area contributed by atoms with Gasteiger partial charge in [-0.2, -0.15) is 0 Å². The Hall–Kier alpha value is -5.20. The van der Waals surface area contributed by atoms with Crippen LogP contribution in [0, 0.1) is 5.82 Å². The molecule has 9 nitrogen and oxygen atoms in total. The van der Waals surface area contributed by atoms with E-state index in [9.17, 15) is 19.1 Å². The zero-order valence-electron chi connectivity index (χ0n) is 27.2. The van der Waals surface area contributed by atoms with Gasteiger partial charge in [0.1, 0.15) is 30.0 Å². The third-order valence-corrected chi connectivity index (χ3v) is 10.4. The van der Waals surface area contributed by atoms with Crippen molar-refractivity contribution in [2.75, 3.05) is 11.5 Å². The number of benzene rings is 4. The van der Waals surface area contributed by atoms with Crippen LogP contribution in [0.4, 0.5) is 9.52 Å². The molecule has 2 aliphatic rings. The van der Waals surface area contributed by atoms with Gasteiger partial charge in [0.15, 0.2) is 15.8 Å². The first-order chi connectivity index (χ1) is 24.3. The Kier molecular flexibility index (Phi) is 9.55. The van der Waals surface area contributed by atoms with E-state index < -0.39 is 17.7 Å². The van der Waals surface area contributed by atoms with E-state index in [1.54, 1.807) is 48.5 Å². The summed E-state index contributed by atoms with van der Waals surface area (Å²) in [6.45, 7) is 4.46. The van der Waals surface area contributed by atoms with E-state index in [1.165, 1.54) is 28.8 Å². The van der Waals surface area contributed by atoms with Crippen LogP contribution in [0.25, 0.3) is 5.76 Å². The normalized spacial score (nSPS) is 17.9. The number of nitrogens with zero attached hydrogens (tertiary/aromatic N) is 3. The Bertz CT molecular complexity index is 2090. The molecule has 1 saturated heterocycles. The minimum Gasteiger partial charge on any atom is -0.507 e. The number of aromatic nitrogens is 2. The van der Waals surface area contributed by atoms with Gasteiger partial charge in [0.05, 0.1) is 18.2 Å². The highest BCUT2D eigenvalue weighted by Gasteiger charge is 2.48.